The van der Waals surface area contributed by atoms with Crippen LogP contribution in [0.1, 0.15) is 6.42 Å². The minimum Gasteiger partial charge on any atom is -0.481 e. The van der Waals surface area contributed by atoms with Gasteiger partial charge in [-0.1, -0.05) is 11.6 Å². The smallest absolute Gasteiger partial charge is 0.313 e. The Kier molecular flexibility index (Phi) is 4.07. The Labute approximate surface area is 122 Å². The van der Waals surface area contributed by atoms with Gasteiger partial charge in [0.2, 0.25) is 0 Å². The summed E-state index contributed by atoms with van der Waals surface area (Å²) in [6, 6.07) is 2.65. The van der Waals surface area contributed by atoms with Crippen LogP contribution in [0.15, 0.2) is 16.3 Å². The van der Waals surface area contributed by atoms with E-state index in [0.29, 0.717) is 0 Å². The first kappa shape index (κ1) is 15.6. The maximum Gasteiger partial charge on any atom is 0.313 e. The van der Waals surface area contributed by atoms with Gasteiger partial charge in [0.1, 0.15) is 10.1 Å². The molecule has 1 aromatic rings. The van der Waals surface area contributed by atoms with E-state index in [2.05, 4.69) is 0 Å². The number of halogens is 3. The van der Waals surface area contributed by atoms with E-state index >= 15 is 0 Å². The fourth-order valence-corrected chi connectivity index (χ4v) is 5.01. The summed E-state index contributed by atoms with van der Waals surface area (Å²) in [7, 11) is -3.99. The SMILES string of the molecule is O=C(O)C1CN(S(=O)(=O)c2ccc(Cl)s2)CCC1(F)F. The van der Waals surface area contributed by atoms with Crippen molar-refractivity contribution >= 4 is 38.9 Å². The zero-order chi connectivity index (χ0) is 15.1. The molecule has 2 heterocycles. The van der Waals surface area contributed by atoms with Gasteiger partial charge >= 0.3 is 5.97 Å². The molecule has 0 saturated carbocycles. The highest BCUT2D eigenvalue weighted by atomic mass is 35.5. The van der Waals surface area contributed by atoms with Gasteiger partial charge in [-0.2, -0.15) is 4.31 Å². The van der Waals surface area contributed by atoms with Crippen LogP contribution >= 0.6 is 22.9 Å². The molecule has 0 bridgehead atoms. The number of thiophene rings is 1. The van der Waals surface area contributed by atoms with E-state index in [0.717, 1.165) is 15.6 Å². The van der Waals surface area contributed by atoms with Crippen molar-refractivity contribution in [3.8, 4) is 0 Å². The van der Waals surface area contributed by atoms with Crippen LogP contribution in [0.5, 0.6) is 0 Å². The molecule has 112 valence electrons. The summed E-state index contributed by atoms with van der Waals surface area (Å²) in [5, 5.41) is 8.81. The highest BCUT2D eigenvalue weighted by Crippen LogP contribution is 2.37. The lowest BCUT2D eigenvalue weighted by Crippen LogP contribution is -2.51. The van der Waals surface area contributed by atoms with Gasteiger partial charge in [0, 0.05) is 19.5 Å². The average molecular weight is 346 g/mol. The van der Waals surface area contributed by atoms with Crippen LogP contribution in [0.4, 0.5) is 8.78 Å². The van der Waals surface area contributed by atoms with Gasteiger partial charge < -0.3 is 5.11 Å². The molecule has 1 aliphatic heterocycles. The second kappa shape index (κ2) is 5.21. The highest BCUT2D eigenvalue weighted by Gasteiger charge is 2.50. The second-order valence-corrected chi connectivity index (χ2v) is 8.20. The predicted octanol–water partition coefficient (Wildman–Crippen LogP) is 2.13. The standard InChI is InChI=1S/C10H10ClF2NO4S2/c11-7-1-2-8(19-7)20(17,18)14-4-3-10(12,13)6(5-14)9(15)16/h1-2,6H,3-5H2,(H,15,16). The topological polar surface area (TPSA) is 74.7 Å². The van der Waals surface area contributed by atoms with Gasteiger partial charge in [-0.15, -0.1) is 11.3 Å². The van der Waals surface area contributed by atoms with Gasteiger partial charge in [-0.3, -0.25) is 4.79 Å². The number of piperidine rings is 1. The van der Waals surface area contributed by atoms with Gasteiger partial charge in [-0.05, 0) is 12.1 Å². The maximum atomic E-state index is 13.5. The number of nitrogens with zero attached hydrogens (tertiary/aromatic N) is 1. The lowest BCUT2D eigenvalue weighted by molar-refractivity contribution is -0.163. The molecule has 0 spiro atoms. The molecule has 10 heteroatoms. The van der Waals surface area contributed by atoms with Crippen LogP contribution in [-0.2, 0) is 14.8 Å². The third-order valence-corrected chi connectivity index (χ3v) is 6.60. The van der Waals surface area contributed by atoms with E-state index < -0.39 is 47.3 Å². The zero-order valence-electron chi connectivity index (χ0n) is 9.92. The molecule has 20 heavy (non-hydrogen) atoms. The van der Waals surface area contributed by atoms with E-state index in [-0.39, 0.29) is 8.55 Å². The molecular weight excluding hydrogens is 336 g/mol. The van der Waals surface area contributed by atoms with Crippen molar-refractivity contribution in [2.24, 2.45) is 5.92 Å². The van der Waals surface area contributed by atoms with E-state index in [1.165, 1.54) is 12.1 Å². The first-order valence-corrected chi connectivity index (χ1v) is 8.14. The number of aliphatic carboxylic acids is 1. The summed E-state index contributed by atoms with van der Waals surface area (Å²) in [5.74, 6) is -7.16. The number of carboxylic acids is 1. The molecule has 0 aromatic carbocycles. The molecule has 1 atom stereocenters. The largest absolute Gasteiger partial charge is 0.481 e. The molecule has 1 aromatic heterocycles. The molecule has 5 nitrogen and oxygen atoms in total. The number of alkyl halides is 2. The molecule has 0 amide bonds. The van der Waals surface area contributed by atoms with Crippen molar-refractivity contribution in [3.63, 3.8) is 0 Å². The van der Waals surface area contributed by atoms with Crippen molar-refractivity contribution in [2.75, 3.05) is 13.1 Å². The van der Waals surface area contributed by atoms with Gasteiger partial charge in [0.15, 0.2) is 0 Å². The molecular formula is C10H10ClF2NO4S2. The number of carboxylic acid groups (broad SMARTS) is 1. The van der Waals surface area contributed by atoms with Crippen LogP contribution in [0.2, 0.25) is 4.34 Å². The van der Waals surface area contributed by atoms with Crippen molar-refractivity contribution in [1.29, 1.82) is 0 Å². The number of hydrogen-bond donors (Lipinski definition) is 1. The molecule has 0 aliphatic carbocycles. The molecule has 1 saturated heterocycles. The Morgan fingerprint density at radius 1 is 1.50 bits per heavy atom. The van der Waals surface area contributed by atoms with Gasteiger partial charge in [0.25, 0.3) is 15.9 Å². The molecule has 0 radical (unpaired) electrons. The van der Waals surface area contributed by atoms with Crippen LogP contribution in [0.3, 0.4) is 0 Å². The maximum absolute atomic E-state index is 13.5. The summed E-state index contributed by atoms with van der Waals surface area (Å²) in [6.07, 6.45) is -0.817. The molecule has 1 fully saturated rings. The Balaban J connectivity index is 2.29. The lowest BCUT2D eigenvalue weighted by Gasteiger charge is -2.35. The zero-order valence-corrected chi connectivity index (χ0v) is 12.3. The number of rotatable bonds is 3. The first-order chi connectivity index (χ1) is 9.14. The third-order valence-electron chi connectivity index (χ3n) is 3.03. The Morgan fingerprint density at radius 3 is 2.65 bits per heavy atom. The highest BCUT2D eigenvalue weighted by molar-refractivity contribution is 7.91. The first-order valence-electron chi connectivity index (χ1n) is 5.51. The third kappa shape index (κ3) is 2.80. The normalized spacial score (nSPS) is 23.6. The second-order valence-electron chi connectivity index (χ2n) is 4.32. The summed E-state index contributed by atoms with van der Waals surface area (Å²) in [6.45, 7) is -1.17. The number of sulfonamides is 1. The van der Waals surface area contributed by atoms with Crippen molar-refractivity contribution in [2.45, 2.75) is 16.6 Å². The fraction of sp³-hybridized carbons (Fsp3) is 0.500. The van der Waals surface area contributed by atoms with Crippen LogP contribution in [0.25, 0.3) is 0 Å². The summed E-state index contributed by atoms with van der Waals surface area (Å²) in [4.78, 5) is 10.9. The summed E-state index contributed by atoms with van der Waals surface area (Å²) in [5.41, 5.74) is 0. The van der Waals surface area contributed by atoms with E-state index in [4.69, 9.17) is 16.7 Å². The Bertz CT molecular complexity index is 631. The Hall–Kier alpha value is -0.770. The van der Waals surface area contributed by atoms with Crippen LogP contribution < -0.4 is 0 Å². The van der Waals surface area contributed by atoms with E-state index in [1.807, 2.05) is 0 Å². The van der Waals surface area contributed by atoms with E-state index in [1.54, 1.807) is 0 Å². The van der Waals surface area contributed by atoms with Crippen LogP contribution in [0, 0.1) is 5.92 Å². The molecule has 2 rings (SSSR count). The predicted molar refractivity (Wildman–Crippen MR) is 68.8 cm³/mol. The van der Waals surface area contributed by atoms with Gasteiger partial charge in [0.05, 0.1) is 4.34 Å². The minimum absolute atomic E-state index is 0.0862. The monoisotopic (exact) mass is 345 g/mol. The summed E-state index contributed by atoms with van der Waals surface area (Å²) < 4.78 is 52.3. The fourth-order valence-electron chi connectivity index (χ4n) is 1.92. The Morgan fingerprint density at radius 2 is 2.15 bits per heavy atom. The molecule has 1 unspecified atom stereocenters. The van der Waals surface area contributed by atoms with E-state index in [9.17, 15) is 22.0 Å². The van der Waals surface area contributed by atoms with Gasteiger partial charge in [-0.25, -0.2) is 17.2 Å². The lowest BCUT2D eigenvalue weighted by atomic mass is 9.95. The quantitative estimate of drug-likeness (QED) is 0.910. The average Bonchev–Trinajstić information content (AvgIpc) is 2.75. The number of hydrogen-bond acceptors (Lipinski definition) is 4. The van der Waals surface area contributed by atoms with Crippen molar-refractivity contribution in [1.82, 2.24) is 4.31 Å². The van der Waals surface area contributed by atoms with Crippen LogP contribution in [-0.4, -0.2) is 42.8 Å². The number of carbonyl (C=O) groups is 1. The minimum atomic E-state index is -3.99. The molecule has 1 aliphatic rings. The van der Waals surface area contributed by atoms with Crippen molar-refractivity contribution < 1.29 is 27.1 Å². The van der Waals surface area contributed by atoms with Crippen molar-refractivity contribution in [3.05, 3.63) is 16.5 Å². The molecule has 1 N–H and O–H groups in total. The summed E-state index contributed by atoms with van der Waals surface area (Å²) >= 11 is 6.45.